The molecule has 0 spiro atoms. The summed E-state index contributed by atoms with van der Waals surface area (Å²) in [7, 11) is 0. The predicted molar refractivity (Wildman–Crippen MR) is 226 cm³/mol. The Morgan fingerprint density at radius 1 is 0.481 bits per heavy atom. The van der Waals surface area contributed by atoms with Crippen molar-refractivity contribution in [2.24, 2.45) is 0 Å². The van der Waals surface area contributed by atoms with Gasteiger partial charge in [0.1, 0.15) is 11.2 Å². The average Bonchev–Trinajstić information content (AvgIpc) is 3.84. The van der Waals surface area contributed by atoms with Crippen molar-refractivity contribution >= 4 is 60.8 Å². The van der Waals surface area contributed by atoms with Crippen LogP contribution in [0.4, 0.5) is 17.1 Å². The van der Waals surface area contributed by atoms with E-state index in [2.05, 4.69) is 205 Å². The van der Waals surface area contributed by atoms with E-state index in [1.54, 1.807) is 0 Å². The van der Waals surface area contributed by atoms with Gasteiger partial charge in [-0.3, -0.25) is 0 Å². The maximum atomic E-state index is 6.78. The number of nitrogens with zero attached hydrogens (tertiary/aromatic N) is 2. The van der Waals surface area contributed by atoms with Gasteiger partial charge in [0, 0.05) is 50.1 Å². The molecule has 8 aromatic carbocycles. The van der Waals surface area contributed by atoms with Gasteiger partial charge in [-0.05, 0) is 81.9 Å². The number of rotatable bonds is 5. The number of benzene rings is 8. The number of hydrogen-bond donors (Lipinski definition) is 0. The van der Waals surface area contributed by atoms with Gasteiger partial charge >= 0.3 is 0 Å². The molecule has 0 unspecified atom stereocenters. The van der Waals surface area contributed by atoms with E-state index in [1.807, 2.05) is 0 Å². The highest BCUT2D eigenvalue weighted by atomic mass is 16.3. The lowest BCUT2D eigenvalue weighted by atomic mass is 9.82. The fourth-order valence-electron chi connectivity index (χ4n) is 9.06. The van der Waals surface area contributed by atoms with Crippen molar-refractivity contribution in [2.75, 3.05) is 4.90 Å². The third-order valence-corrected chi connectivity index (χ3v) is 11.6. The Hall–Kier alpha value is -6.84. The lowest BCUT2D eigenvalue weighted by molar-refractivity contribution is 0.660. The first-order chi connectivity index (χ1) is 26.6. The Morgan fingerprint density at radius 2 is 1.11 bits per heavy atom. The van der Waals surface area contributed by atoms with Crippen LogP contribution in [0.2, 0.25) is 0 Å². The quantitative estimate of drug-likeness (QED) is 0.179. The summed E-state index contributed by atoms with van der Waals surface area (Å²) >= 11 is 0. The van der Waals surface area contributed by atoms with Gasteiger partial charge in [0.2, 0.25) is 0 Å². The van der Waals surface area contributed by atoms with E-state index in [0.717, 1.165) is 55.7 Å². The molecule has 54 heavy (non-hydrogen) atoms. The van der Waals surface area contributed by atoms with Crippen LogP contribution in [-0.2, 0) is 5.41 Å². The molecule has 256 valence electrons. The molecule has 10 aromatic rings. The van der Waals surface area contributed by atoms with Gasteiger partial charge in [-0.2, -0.15) is 0 Å². The summed E-state index contributed by atoms with van der Waals surface area (Å²) in [5.41, 5.74) is 15.9. The second-order valence-electron chi connectivity index (χ2n) is 14.9. The molecule has 3 nitrogen and oxygen atoms in total. The maximum Gasteiger partial charge on any atom is 0.138 e. The van der Waals surface area contributed by atoms with Gasteiger partial charge in [-0.15, -0.1) is 0 Å². The minimum atomic E-state index is -0.151. The lowest BCUT2D eigenvalue weighted by Gasteiger charge is -2.29. The van der Waals surface area contributed by atoms with E-state index in [1.165, 1.54) is 44.2 Å². The molecule has 2 heterocycles. The summed E-state index contributed by atoms with van der Waals surface area (Å²) in [6.07, 6.45) is 0. The van der Waals surface area contributed by atoms with Gasteiger partial charge in [-0.1, -0.05) is 141 Å². The largest absolute Gasteiger partial charge is 0.456 e. The van der Waals surface area contributed by atoms with Gasteiger partial charge in [0.15, 0.2) is 0 Å². The van der Waals surface area contributed by atoms with Crippen molar-refractivity contribution in [1.82, 2.24) is 4.57 Å². The monoisotopic (exact) mass is 692 g/mol. The summed E-state index contributed by atoms with van der Waals surface area (Å²) in [5, 5.41) is 4.64. The number of hydrogen-bond acceptors (Lipinski definition) is 2. The maximum absolute atomic E-state index is 6.78. The summed E-state index contributed by atoms with van der Waals surface area (Å²) in [4.78, 5) is 2.45. The van der Waals surface area contributed by atoms with E-state index in [9.17, 15) is 0 Å². The molecule has 3 heteroatoms. The van der Waals surface area contributed by atoms with Crippen LogP contribution in [-0.4, -0.2) is 4.57 Å². The molecule has 0 atom stereocenters. The van der Waals surface area contributed by atoms with Gasteiger partial charge in [-0.25, -0.2) is 0 Å². The third kappa shape index (κ3) is 4.42. The first-order valence-electron chi connectivity index (χ1n) is 18.7. The summed E-state index contributed by atoms with van der Waals surface area (Å²) < 4.78 is 9.22. The van der Waals surface area contributed by atoms with Crippen LogP contribution < -0.4 is 4.90 Å². The second-order valence-corrected chi connectivity index (χ2v) is 14.9. The average molecular weight is 693 g/mol. The Kier molecular flexibility index (Phi) is 6.60. The first-order valence-corrected chi connectivity index (χ1v) is 18.7. The van der Waals surface area contributed by atoms with E-state index >= 15 is 0 Å². The smallest absolute Gasteiger partial charge is 0.138 e. The molecule has 1 aliphatic rings. The molecular weight excluding hydrogens is 657 g/mol. The van der Waals surface area contributed by atoms with Crippen LogP contribution in [0.1, 0.15) is 25.0 Å². The minimum Gasteiger partial charge on any atom is -0.456 e. The van der Waals surface area contributed by atoms with Gasteiger partial charge in [0.25, 0.3) is 0 Å². The zero-order valence-corrected chi connectivity index (χ0v) is 30.1. The molecule has 0 radical (unpaired) electrons. The number of furan rings is 1. The Balaban J connectivity index is 1.27. The zero-order chi connectivity index (χ0) is 36.0. The summed E-state index contributed by atoms with van der Waals surface area (Å²) in [5.74, 6) is 0. The van der Waals surface area contributed by atoms with Gasteiger partial charge in [0.05, 0.1) is 16.7 Å². The minimum absolute atomic E-state index is 0.151. The molecule has 1 aliphatic carbocycles. The molecule has 0 saturated carbocycles. The molecule has 0 bridgehead atoms. The highest BCUT2D eigenvalue weighted by Gasteiger charge is 2.36. The standard InChI is InChI=1S/C51H36N2O/c1-51(2)42-22-12-9-19-38(42)39-30-29-37(31-43(39)51)52(36-27-25-34(26-28-36)33-15-5-3-6-16-33)45-32-47-48(41-21-11-14-24-46(41)54-47)49-40-20-10-13-23-44(40)53(50(45)49)35-17-7-4-8-18-35/h3-32H,1-2H3. The number of fused-ring (bicyclic) bond motifs is 10. The molecule has 11 rings (SSSR count). The molecule has 0 saturated heterocycles. The fraction of sp³-hybridized carbons (Fsp3) is 0.0588. The van der Waals surface area contributed by atoms with Crippen LogP contribution in [0.5, 0.6) is 0 Å². The Labute approximate surface area is 314 Å². The van der Waals surface area contributed by atoms with E-state index in [0.29, 0.717) is 0 Å². The highest BCUT2D eigenvalue weighted by Crippen LogP contribution is 2.53. The Morgan fingerprint density at radius 3 is 1.93 bits per heavy atom. The Bertz CT molecular complexity index is 3060. The van der Waals surface area contributed by atoms with E-state index in [4.69, 9.17) is 4.42 Å². The summed E-state index contributed by atoms with van der Waals surface area (Å²) in [6, 6.07) is 65.8. The zero-order valence-electron chi connectivity index (χ0n) is 30.1. The normalized spacial score (nSPS) is 13.1. The topological polar surface area (TPSA) is 21.3 Å². The molecule has 0 amide bonds. The van der Waals surface area contributed by atoms with Crippen molar-refractivity contribution in [2.45, 2.75) is 19.3 Å². The van der Waals surface area contributed by atoms with Crippen molar-refractivity contribution in [1.29, 1.82) is 0 Å². The number of anilines is 3. The number of para-hydroxylation sites is 3. The molecule has 2 aromatic heterocycles. The van der Waals surface area contributed by atoms with E-state index in [-0.39, 0.29) is 5.41 Å². The molecule has 0 N–H and O–H groups in total. The van der Waals surface area contributed by atoms with Crippen molar-refractivity contribution in [3.05, 3.63) is 193 Å². The SMILES string of the molecule is CC1(C)c2ccccc2-c2ccc(N(c3ccc(-c4ccccc4)cc3)c3cc4oc5ccccc5c4c4c5ccccc5n(-c5ccccc5)c34)cc21. The number of aromatic nitrogens is 1. The van der Waals surface area contributed by atoms with E-state index < -0.39 is 0 Å². The third-order valence-electron chi connectivity index (χ3n) is 11.6. The second kappa shape index (κ2) is 11.6. The molecule has 0 aliphatic heterocycles. The lowest BCUT2D eigenvalue weighted by Crippen LogP contribution is -2.17. The molecular formula is C51H36N2O. The van der Waals surface area contributed by atoms with Crippen LogP contribution in [0.3, 0.4) is 0 Å². The summed E-state index contributed by atoms with van der Waals surface area (Å²) in [6.45, 7) is 4.71. The highest BCUT2D eigenvalue weighted by molar-refractivity contribution is 6.30. The van der Waals surface area contributed by atoms with Crippen LogP contribution in [0.15, 0.2) is 186 Å². The predicted octanol–water partition coefficient (Wildman–Crippen LogP) is 14.1. The van der Waals surface area contributed by atoms with Crippen LogP contribution >= 0.6 is 0 Å². The van der Waals surface area contributed by atoms with Crippen LogP contribution in [0, 0.1) is 0 Å². The van der Waals surface area contributed by atoms with Gasteiger partial charge < -0.3 is 13.9 Å². The molecule has 0 fully saturated rings. The van der Waals surface area contributed by atoms with Crippen molar-refractivity contribution < 1.29 is 4.42 Å². The fourth-order valence-corrected chi connectivity index (χ4v) is 9.06. The first kappa shape index (κ1) is 30.8. The van der Waals surface area contributed by atoms with Crippen molar-refractivity contribution in [3.63, 3.8) is 0 Å². The van der Waals surface area contributed by atoms with Crippen LogP contribution in [0.25, 0.3) is 71.7 Å². The van der Waals surface area contributed by atoms with Crippen molar-refractivity contribution in [3.8, 4) is 27.9 Å².